The number of tetrazole rings is 1. The number of aromatic nitrogens is 8. The van der Waals surface area contributed by atoms with Crippen LogP contribution in [-0.2, 0) is 13.0 Å². The van der Waals surface area contributed by atoms with Crippen molar-refractivity contribution in [3.8, 4) is 23.3 Å². The number of pyridine rings is 1. The maximum absolute atomic E-state index is 6.03. The van der Waals surface area contributed by atoms with Gasteiger partial charge in [0, 0.05) is 23.0 Å². The summed E-state index contributed by atoms with van der Waals surface area (Å²) in [6.45, 7) is 9.55. The quantitative estimate of drug-likeness (QED) is 0.428. The zero-order valence-electron chi connectivity index (χ0n) is 16.9. The van der Waals surface area contributed by atoms with Crippen LogP contribution < -0.4 is 4.74 Å². The summed E-state index contributed by atoms with van der Waals surface area (Å²) in [5.74, 6) is 1.82. The summed E-state index contributed by atoms with van der Waals surface area (Å²) in [5, 5.41) is 15.7. The Hall–Kier alpha value is -3.95. The van der Waals surface area contributed by atoms with E-state index in [9.17, 15) is 0 Å². The molecule has 0 atom stereocenters. The molecule has 4 rings (SSSR count). The highest BCUT2D eigenvalue weighted by Crippen LogP contribution is 2.25. The van der Waals surface area contributed by atoms with Gasteiger partial charge < -0.3 is 9.26 Å². The summed E-state index contributed by atoms with van der Waals surface area (Å²) in [5.41, 5.74) is 3.92. The van der Waals surface area contributed by atoms with Crippen molar-refractivity contribution in [1.82, 2.24) is 40.3 Å². The molecule has 4 aromatic heterocycles. The van der Waals surface area contributed by atoms with Crippen molar-refractivity contribution in [3.63, 3.8) is 0 Å². The van der Waals surface area contributed by atoms with Gasteiger partial charge in [-0.05, 0) is 49.8 Å². The Bertz CT molecular complexity index is 1180. The van der Waals surface area contributed by atoms with Gasteiger partial charge in [-0.1, -0.05) is 17.3 Å². The van der Waals surface area contributed by atoms with Crippen LogP contribution in [0.5, 0.6) is 5.88 Å². The van der Waals surface area contributed by atoms with Gasteiger partial charge in [0.1, 0.15) is 5.69 Å². The van der Waals surface area contributed by atoms with E-state index in [1.54, 1.807) is 12.3 Å². The smallest absolute Gasteiger partial charge is 0.258 e. The number of aryl methyl sites for hydroxylation is 2. The summed E-state index contributed by atoms with van der Waals surface area (Å²) in [7, 11) is 0. The minimum atomic E-state index is 0.0778. The predicted molar refractivity (Wildman–Crippen MR) is 107 cm³/mol. The van der Waals surface area contributed by atoms with Gasteiger partial charge in [0.2, 0.25) is 5.88 Å². The number of ether oxygens (including phenoxy) is 1. The van der Waals surface area contributed by atoms with E-state index in [-0.39, 0.29) is 6.61 Å². The molecule has 152 valence electrons. The molecule has 0 radical (unpaired) electrons. The first-order chi connectivity index (χ1) is 14.6. The molecular formula is C20H20N8O2. The Morgan fingerprint density at radius 3 is 2.73 bits per heavy atom. The average Bonchev–Trinajstić information content (AvgIpc) is 3.35. The largest absolute Gasteiger partial charge is 0.469 e. The van der Waals surface area contributed by atoms with Crippen LogP contribution >= 0.6 is 0 Å². The van der Waals surface area contributed by atoms with Gasteiger partial charge in [0.05, 0.1) is 5.69 Å². The number of rotatable bonds is 7. The van der Waals surface area contributed by atoms with Crippen molar-refractivity contribution in [3.05, 3.63) is 65.4 Å². The molecule has 0 bridgehead atoms. The Balaban J connectivity index is 1.67. The molecule has 0 unspecified atom stereocenters. The minimum Gasteiger partial charge on any atom is -0.469 e. The molecule has 0 saturated heterocycles. The van der Waals surface area contributed by atoms with Crippen LogP contribution in [0.1, 0.15) is 28.3 Å². The van der Waals surface area contributed by atoms with Crippen LogP contribution in [0.4, 0.5) is 0 Å². The molecule has 4 aromatic rings. The third-order valence-electron chi connectivity index (χ3n) is 4.62. The summed E-state index contributed by atoms with van der Waals surface area (Å²) in [6, 6.07) is 5.57. The SMILES string of the molecule is C=CCc1c(C)nc(-c2ccccn2)nc1OCc1nnnn1-c1onc(C)c1C. The van der Waals surface area contributed by atoms with E-state index in [0.717, 1.165) is 22.5 Å². The van der Waals surface area contributed by atoms with Gasteiger partial charge in [0.25, 0.3) is 5.88 Å². The Kier molecular flexibility index (Phi) is 5.29. The zero-order chi connectivity index (χ0) is 21.1. The first-order valence-electron chi connectivity index (χ1n) is 9.31. The number of allylic oxidation sites excluding steroid dienone is 1. The van der Waals surface area contributed by atoms with Gasteiger partial charge in [-0.15, -0.1) is 11.7 Å². The van der Waals surface area contributed by atoms with Gasteiger partial charge >= 0.3 is 0 Å². The Morgan fingerprint density at radius 1 is 1.17 bits per heavy atom. The second kappa shape index (κ2) is 8.19. The number of nitrogens with zero attached hydrogens (tertiary/aromatic N) is 8. The van der Waals surface area contributed by atoms with Gasteiger partial charge in [-0.2, -0.15) is 9.67 Å². The maximum atomic E-state index is 6.03. The van der Waals surface area contributed by atoms with Crippen molar-refractivity contribution < 1.29 is 9.26 Å². The lowest BCUT2D eigenvalue weighted by molar-refractivity contribution is 0.273. The molecule has 0 fully saturated rings. The van der Waals surface area contributed by atoms with Crippen molar-refractivity contribution >= 4 is 0 Å². The van der Waals surface area contributed by atoms with Crippen LogP contribution in [0.25, 0.3) is 17.4 Å². The highest BCUT2D eigenvalue weighted by atomic mass is 16.5. The lowest BCUT2D eigenvalue weighted by atomic mass is 10.1. The summed E-state index contributed by atoms with van der Waals surface area (Å²) in [4.78, 5) is 13.5. The molecule has 0 aliphatic rings. The molecule has 0 saturated carbocycles. The third-order valence-corrected chi connectivity index (χ3v) is 4.62. The number of hydrogen-bond acceptors (Lipinski definition) is 9. The normalized spacial score (nSPS) is 10.9. The predicted octanol–water partition coefficient (Wildman–Crippen LogP) is 2.74. The monoisotopic (exact) mass is 404 g/mol. The van der Waals surface area contributed by atoms with Crippen molar-refractivity contribution in [2.75, 3.05) is 0 Å². The Labute approximate surface area is 172 Å². The van der Waals surface area contributed by atoms with Gasteiger partial charge in [-0.25, -0.2) is 4.98 Å². The third kappa shape index (κ3) is 3.66. The second-order valence-corrected chi connectivity index (χ2v) is 6.62. The molecule has 0 aromatic carbocycles. The fourth-order valence-corrected chi connectivity index (χ4v) is 2.87. The maximum Gasteiger partial charge on any atom is 0.258 e. The van der Waals surface area contributed by atoms with E-state index in [1.165, 1.54) is 4.68 Å². The van der Waals surface area contributed by atoms with E-state index >= 15 is 0 Å². The first-order valence-corrected chi connectivity index (χ1v) is 9.31. The van der Waals surface area contributed by atoms with Crippen LogP contribution in [-0.4, -0.2) is 40.3 Å². The lowest BCUT2D eigenvalue weighted by Crippen LogP contribution is -2.10. The molecule has 4 heterocycles. The molecule has 0 N–H and O–H groups in total. The van der Waals surface area contributed by atoms with Crippen LogP contribution in [0.15, 0.2) is 41.6 Å². The zero-order valence-corrected chi connectivity index (χ0v) is 16.9. The molecule has 0 aliphatic heterocycles. The molecule has 0 spiro atoms. The highest BCUT2D eigenvalue weighted by molar-refractivity contribution is 5.51. The lowest BCUT2D eigenvalue weighted by Gasteiger charge is -2.13. The highest BCUT2D eigenvalue weighted by Gasteiger charge is 2.19. The summed E-state index contributed by atoms with van der Waals surface area (Å²) >= 11 is 0. The van der Waals surface area contributed by atoms with E-state index in [4.69, 9.17) is 9.26 Å². The molecule has 0 aliphatic carbocycles. The van der Waals surface area contributed by atoms with E-state index in [1.807, 2.05) is 39.0 Å². The van der Waals surface area contributed by atoms with Crippen LogP contribution in [0, 0.1) is 20.8 Å². The summed E-state index contributed by atoms with van der Waals surface area (Å²) in [6.07, 6.45) is 4.04. The van der Waals surface area contributed by atoms with E-state index < -0.39 is 0 Å². The second-order valence-electron chi connectivity index (χ2n) is 6.62. The van der Waals surface area contributed by atoms with E-state index in [0.29, 0.717) is 35.5 Å². The topological polar surface area (TPSA) is 118 Å². The Morgan fingerprint density at radius 2 is 2.03 bits per heavy atom. The molecule has 0 amide bonds. The van der Waals surface area contributed by atoms with E-state index in [2.05, 4.69) is 42.2 Å². The molecule has 30 heavy (non-hydrogen) atoms. The molecule has 10 nitrogen and oxygen atoms in total. The molecule has 10 heteroatoms. The van der Waals surface area contributed by atoms with Gasteiger partial charge in [-0.3, -0.25) is 4.98 Å². The van der Waals surface area contributed by atoms with Crippen LogP contribution in [0.2, 0.25) is 0 Å². The standard InChI is InChI=1S/C20H20N8O2/c1-5-8-15-14(4)22-18(16-9-6-7-10-21-16)23-19(15)29-11-17-24-26-27-28(17)20-12(2)13(3)25-30-20/h5-7,9-10H,1,8,11H2,2-4H3. The first kappa shape index (κ1) is 19.4. The number of hydrogen-bond donors (Lipinski definition) is 0. The fourth-order valence-electron chi connectivity index (χ4n) is 2.87. The van der Waals surface area contributed by atoms with Crippen molar-refractivity contribution in [2.45, 2.75) is 33.8 Å². The fraction of sp³-hybridized carbons (Fsp3) is 0.250. The van der Waals surface area contributed by atoms with Crippen molar-refractivity contribution in [1.29, 1.82) is 0 Å². The minimum absolute atomic E-state index is 0.0778. The van der Waals surface area contributed by atoms with Crippen molar-refractivity contribution in [2.24, 2.45) is 0 Å². The molecular weight excluding hydrogens is 384 g/mol. The average molecular weight is 404 g/mol. The van der Waals surface area contributed by atoms with Gasteiger partial charge in [0.15, 0.2) is 18.3 Å². The van der Waals surface area contributed by atoms with Crippen LogP contribution in [0.3, 0.4) is 0 Å². The summed E-state index contributed by atoms with van der Waals surface area (Å²) < 4.78 is 12.9.